The quantitative estimate of drug-likeness (QED) is 0.794. The van der Waals surface area contributed by atoms with Crippen LogP contribution in [0.2, 0.25) is 0 Å². The summed E-state index contributed by atoms with van der Waals surface area (Å²) >= 11 is 0. The molecule has 2 aliphatic heterocycles. The van der Waals surface area contributed by atoms with E-state index in [1.807, 2.05) is 6.07 Å². The zero-order valence-corrected chi connectivity index (χ0v) is 12.9. The van der Waals surface area contributed by atoms with Gasteiger partial charge in [0.15, 0.2) is 11.5 Å². The molecule has 7 heteroatoms. The molecular weight excluding hydrogens is 280 g/mol. The van der Waals surface area contributed by atoms with Gasteiger partial charge < -0.3 is 20.9 Å². The number of nitrogens with one attached hydrogen (secondary N) is 1. The summed E-state index contributed by atoms with van der Waals surface area (Å²) in [6, 6.07) is 3.49. The van der Waals surface area contributed by atoms with Crippen LogP contribution in [0.15, 0.2) is 12.1 Å². The molecule has 0 aliphatic carbocycles. The standard InChI is InChI=1S/C15H24N6O/c16-15(22)13-1-2-14(19-18-13)21-7-3-12(4-8-21)11-20-9-5-17-6-10-20/h1-2,12,17H,3-11H2,(H2,16,22). The van der Waals surface area contributed by atoms with Crippen molar-refractivity contribution in [1.29, 1.82) is 0 Å². The number of amides is 1. The molecule has 7 nitrogen and oxygen atoms in total. The fraction of sp³-hybridized carbons (Fsp3) is 0.667. The molecule has 1 aromatic heterocycles. The Labute approximate surface area is 130 Å². The van der Waals surface area contributed by atoms with Crippen LogP contribution in [0.25, 0.3) is 0 Å². The van der Waals surface area contributed by atoms with Gasteiger partial charge in [0, 0.05) is 45.8 Å². The Hall–Kier alpha value is -1.73. The molecule has 0 atom stereocenters. The molecule has 2 aliphatic rings. The molecule has 1 aromatic rings. The highest BCUT2D eigenvalue weighted by molar-refractivity contribution is 5.90. The van der Waals surface area contributed by atoms with Crippen molar-refractivity contribution in [3.63, 3.8) is 0 Å². The van der Waals surface area contributed by atoms with Gasteiger partial charge in [-0.15, -0.1) is 10.2 Å². The Bertz CT molecular complexity index is 491. The molecule has 120 valence electrons. The molecule has 0 bridgehead atoms. The highest BCUT2D eigenvalue weighted by Crippen LogP contribution is 2.22. The van der Waals surface area contributed by atoms with Gasteiger partial charge in [0.1, 0.15) is 0 Å². The number of hydrogen-bond acceptors (Lipinski definition) is 6. The van der Waals surface area contributed by atoms with Gasteiger partial charge in [0.2, 0.25) is 0 Å². The fourth-order valence-electron chi connectivity index (χ4n) is 3.23. The molecule has 22 heavy (non-hydrogen) atoms. The number of anilines is 1. The maximum absolute atomic E-state index is 11.0. The minimum atomic E-state index is -0.534. The average Bonchev–Trinajstić information content (AvgIpc) is 2.57. The molecule has 3 heterocycles. The molecule has 0 saturated carbocycles. The first kappa shape index (κ1) is 15.2. The van der Waals surface area contributed by atoms with Crippen LogP contribution in [0.4, 0.5) is 5.82 Å². The number of primary amides is 1. The van der Waals surface area contributed by atoms with Gasteiger partial charge >= 0.3 is 0 Å². The number of hydrogen-bond donors (Lipinski definition) is 2. The van der Waals surface area contributed by atoms with Crippen molar-refractivity contribution in [2.24, 2.45) is 11.7 Å². The lowest BCUT2D eigenvalue weighted by Crippen LogP contribution is -2.47. The smallest absolute Gasteiger partial charge is 0.269 e. The third kappa shape index (κ3) is 3.72. The van der Waals surface area contributed by atoms with Crippen LogP contribution >= 0.6 is 0 Å². The predicted molar refractivity (Wildman–Crippen MR) is 84.8 cm³/mol. The Balaban J connectivity index is 1.49. The second kappa shape index (κ2) is 7.02. The lowest BCUT2D eigenvalue weighted by molar-refractivity contribution is 0.0994. The van der Waals surface area contributed by atoms with E-state index in [-0.39, 0.29) is 5.69 Å². The summed E-state index contributed by atoms with van der Waals surface area (Å²) < 4.78 is 0. The molecule has 0 unspecified atom stereocenters. The number of nitrogens with zero attached hydrogens (tertiary/aromatic N) is 4. The zero-order chi connectivity index (χ0) is 15.4. The fourth-order valence-corrected chi connectivity index (χ4v) is 3.23. The number of piperidine rings is 1. The summed E-state index contributed by atoms with van der Waals surface area (Å²) in [5.41, 5.74) is 5.40. The molecule has 0 aromatic carbocycles. The normalized spacial score (nSPS) is 21.0. The van der Waals surface area contributed by atoms with Crippen molar-refractivity contribution in [3.8, 4) is 0 Å². The molecule has 2 fully saturated rings. The summed E-state index contributed by atoms with van der Waals surface area (Å²) in [6.45, 7) is 7.77. The van der Waals surface area contributed by atoms with Gasteiger partial charge in [-0.2, -0.15) is 0 Å². The summed E-state index contributed by atoms with van der Waals surface area (Å²) in [5.74, 6) is 1.08. The van der Waals surface area contributed by atoms with Gasteiger partial charge in [-0.3, -0.25) is 4.79 Å². The van der Waals surface area contributed by atoms with Crippen molar-refractivity contribution in [3.05, 3.63) is 17.8 Å². The number of rotatable bonds is 4. The highest BCUT2D eigenvalue weighted by atomic mass is 16.1. The third-order valence-electron chi connectivity index (χ3n) is 4.57. The summed E-state index contributed by atoms with van der Waals surface area (Å²) in [5, 5.41) is 11.4. The van der Waals surface area contributed by atoms with Crippen LogP contribution in [-0.2, 0) is 0 Å². The predicted octanol–water partition coefficient (Wildman–Crippen LogP) is -0.303. The van der Waals surface area contributed by atoms with Crippen molar-refractivity contribution in [2.45, 2.75) is 12.8 Å². The molecule has 3 N–H and O–H groups in total. The largest absolute Gasteiger partial charge is 0.364 e. The van der Waals surface area contributed by atoms with E-state index in [0.29, 0.717) is 0 Å². The van der Waals surface area contributed by atoms with E-state index >= 15 is 0 Å². The number of aromatic nitrogens is 2. The maximum atomic E-state index is 11.0. The third-order valence-corrected chi connectivity index (χ3v) is 4.57. The Morgan fingerprint density at radius 1 is 1.18 bits per heavy atom. The van der Waals surface area contributed by atoms with Crippen molar-refractivity contribution in [2.75, 3.05) is 50.7 Å². The molecule has 0 radical (unpaired) electrons. The highest BCUT2D eigenvalue weighted by Gasteiger charge is 2.23. The van der Waals surface area contributed by atoms with E-state index < -0.39 is 5.91 Å². The van der Waals surface area contributed by atoms with Crippen LogP contribution < -0.4 is 16.0 Å². The lowest BCUT2D eigenvalue weighted by atomic mass is 9.96. The van der Waals surface area contributed by atoms with Crippen LogP contribution in [0.3, 0.4) is 0 Å². The van der Waals surface area contributed by atoms with Gasteiger partial charge in [0.25, 0.3) is 5.91 Å². The summed E-state index contributed by atoms with van der Waals surface area (Å²) in [6.07, 6.45) is 2.37. The number of piperazine rings is 1. The van der Waals surface area contributed by atoms with E-state index in [1.165, 1.54) is 32.5 Å². The summed E-state index contributed by atoms with van der Waals surface area (Å²) in [4.78, 5) is 15.8. The zero-order valence-electron chi connectivity index (χ0n) is 12.9. The van der Waals surface area contributed by atoms with E-state index in [0.717, 1.165) is 37.9 Å². The van der Waals surface area contributed by atoms with E-state index in [2.05, 4.69) is 25.3 Å². The minimum absolute atomic E-state index is 0.220. The Morgan fingerprint density at radius 2 is 1.91 bits per heavy atom. The number of nitrogens with two attached hydrogens (primary N) is 1. The second-order valence-electron chi connectivity index (χ2n) is 6.12. The van der Waals surface area contributed by atoms with Gasteiger partial charge in [-0.1, -0.05) is 0 Å². The number of carbonyl (C=O) groups is 1. The van der Waals surface area contributed by atoms with E-state index in [9.17, 15) is 4.79 Å². The van der Waals surface area contributed by atoms with Crippen LogP contribution in [0.5, 0.6) is 0 Å². The first-order valence-corrected chi connectivity index (χ1v) is 8.04. The minimum Gasteiger partial charge on any atom is -0.364 e. The SMILES string of the molecule is NC(=O)c1ccc(N2CCC(CN3CCNCC3)CC2)nn1. The Morgan fingerprint density at radius 3 is 2.50 bits per heavy atom. The Kier molecular flexibility index (Phi) is 4.84. The maximum Gasteiger partial charge on any atom is 0.269 e. The van der Waals surface area contributed by atoms with Crippen molar-refractivity contribution < 1.29 is 4.79 Å². The van der Waals surface area contributed by atoms with Gasteiger partial charge in [-0.05, 0) is 30.9 Å². The van der Waals surface area contributed by atoms with Gasteiger partial charge in [-0.25, -0.2) is 0 Å². The van der Waals surface area contributed by atoms with Crippen LogP contribution in [0.1, 0.15) is 23.3 Å². The second-order valence-corrected chi connectivity index (χ2v) is 6.12. The monoisotopic (exact) mass is 304 g/mol. The van der Waals surface area contributed by atoms with Crippen molar-refractivity contribution in [1.82, 2.24) is 20.4 Å². The lowest BCUT2D eigenvalue weighted by Gasteiger charge is -2.36. The van der Waals surface area contributed by atoms with Crippen LogP contribution in [0, 0.1) is 5.92 Å². The molecule has 2 saturated heterocycles. The topological polar surface area (TPSA) is 87.4 Å². The first-order valence-electron chi connectivity index (χ1n) is 8.04. The van der Waals surface area contributed by atoms with E-state index in [4.69, 9.17) is 5.73 Å². The number of carbonyl (C=O) groups excluding carboxylic acids is 1. The van der Waals surface area contributed by atoms with Gasteiger partial charge in [0.05, 0.1) is 0 Å². The summed E-state index contributed by atoms with van der Waals surface area (Å²) in [7, 11) is 0. The molecule has 0 spiro atoms. The van der Waals surface area contributed by atoms with E-state index in [1.54, 1.807) is 6.07 Å². The molecule has 1 amide bonds. The van der Waals surface area contributed by atoms with Crippen molar-refractivity contribution >= 4 is 11.7 Å². The van der Waals surface area contributed by atoms with Crippen LogP contribution in [-0.4, -0.2) is 66.8 Å². The first-order chi connectivity index (χ1) is 10.7. The molecular formula is C15H24N6O. The average molecular weight is 304 g/mol. The molecule has 3 rings (SSSR count).